The molecule has 0 aliphatic heterocycles. The van der Waals surface area contributed by atoms with E-state index in [4.69, 9.17) is 4.74 Å². The predicted molar refractivity (Wildman–Crippen MR) is 115 cm³/mol. The molecule has 0 spiro atoms. The summed E-state index contributed by atoms with van der Waals surface area (Å²) in [7, 11) is 0. The molecule has 7 heteroatoms. The van der Waals surface area contributed by atoms with Gasteiger partial charge in [-0.25, -0.2) is 0 Å². The Hall–Kier alpha value is -2.28. The van der Waals surface area contributed by atoms with Crippen LogP contribution in [0.2, 0.25) is 0 Å². The number of nitrogens with one attached hydrogen (secondary N) is 1. The van der Waals surface area contributed by atoms with E-state index in [0.29, 0.717) is 22.9 Å². The van der Waals surface area contributed by atoms with Gasteiger partial charge in [0.15, 0.2) is 12.4 Å². The number of carbonyl (C=O) groups is 2. The van der Waals surface area contributed by atoms with Gasteiger partial charge in [-0.3, -0.25) is 14.9 Å². The first kappa shape index (κ1) is 19.7. The summed E-state index contributed by atoms with van der Waals surface area (Å²) in [5, 5.41) is 13.2. The summed E-state index contributed by atoms with van der Waals surface area (Å²) in [6, 6.07) is 6.88. The van der Waals surface area contributed by atoms with Crippen molar-refractivity contribution in [2.45, 2.75) is 57.3 Å². The highest BCUT2D eigenvalue weighted by molar-refractivity contribution is 7.15. The number of aromatic nitrogens is 2. The molecule has 2 aromatic rings. The Morgan fingerprint density at radius 2 is 1.70 bits per heavy atom. The molecular formula is C23H27N3O3S. The van der Waals surface area contributed by atoms with Crippen molar-refractivity contribution in [1.29, 1.82) is 0 Å². The van der Waals surface area contributed by atoms with Gasteiger partial charge < -0.3 is 4.74 Å². The zero-order chi connectivity index (χ0) is 20.7. The quantitative estimate of drug-likeness (QED) is 0.655. The first-order valence-electron chi connectivity index (χ1n) is 10.9. The molecule has 1 heterocycles. The third-order valence-electron chi connectivity index (χ3n) is 7.03. The highest BCUT2D eigenvalue weighted by Crippen LogP contribution is 2.61. The van der Waals surface area contributed by atoms with Crippen molar-refractivity contribution in [3.05, 3.63) is 34.8 Å². The van der Waals surface area contributed by atoms with Crippen molar-refractivity contribution in [1.82, 2.24) is 10.2 Å². The van der Waals surface area contributed by atoms with E-state index < -0.39 is 0 Å². The number of anilines is 1. The van der Waals surface area contributed by atoms with Crippen LogP contribution in [-0.2, 0) is 10.2 Å². The molecule has 4 aliphatic rings. The third kappa shape index (κ3) is 3.75. The predicted octanol–water partition coefficient (Wildman–Crippen LogP) is 4.62. The average molecular weight is 426 g/mol. The van der Waals surface area contributed by atoms with E-state index in [0.717, 1.165) is 22.8 Å². The first-order valence-corrected chi connectivity index (χ1v) is 11.7. The van der Waals surface area contributed by atoms with Crippen LogP contribution in [0, 0.1) is 17.8 Å². The molecule has 4 bridgehead atoms. The van der Waals surface area contributed by atoms with Crippen LogP contribution in [0.25, 0.3) is 0 Å². The lowest BCUT2D eigenvalue weighted by molar-refractivity contribution is -0.118. The molecule has 6 nitrogen and oxygen atoms in total. The monoisotopic (exact) mass is 425 g/mol. The normalized spacial score (nSPS) is 29.0. The van der Waals surface area contributed by atoms with Gasteiger partial charge in [0.1, 0.15) is 10.8 Å². The lowest BCUT2D eigenvalue weighted by Crippen LogP contribution is -2.48. The Bertz CT molecular complexity index is 918. The summed E-state index contributed by atoms with van der Waals surface area (Å²) in [6.45, 7) is 1.73. The minimum absolute atomic E-state index is 0.0883. The lowest BCUT2D eigenvalue weighted by Gasteiger charge is -2.55. The number of Topliss-reactive ketones (excluding diaryl/α,β-unsaturated/α-hetero) is 1. The molecule has 4 saturated carbocycles. The zero-order valence-corrected chi connectivity index (χ0v) is 18.0. The van der Waals surface area contributed by atoms with E-state index >= 15 is 0 Å². The fourth-order valence-corrected chi connectivity index (χ4v) is 7.08. The van der Waals surface area contributed by atoms with E-state index in [1.807, 2.05) is 6.92 Å². The maximum Gasteiger partial charge on any atom is 0.264 e. The molecule has 4 aliphatic carbocycles. The number of amides is 1. The topological polar surface area (TPSA) is 81.2 Å². The molecule has 4 fully saturated rings. The fraction of sp³-hybridized carbons (Fsp3) is 0.565. The molecule has 0 radical (unpaired) electrons. The van der Waals surface area contributed by atoms with Gasteiger partial charge >= 0.3 is 0 Å². The largest absolute Gasteiger partial charge is 0.484 e. The molecule has 1 aromatic carbocycles. The number of nitrogens with zero attached hydrogens (tertiary/aromatic N) is 2. The highest BCUT2D eigenvalue weighted by Gasteiger charge is 2.53. The Balaban J connectivity index is 1.18. The minimum atomic E-state index is -0.253. The molecule has 1 aromatic heterocycles. The lowest BCUT2D eigenvalue weighted by atomic mass is 9.50. The summed E-state index contributed by atoms with van der Waals surface area (Å²) in [5.41, 5.74) is 0.851. The number of ether oxygens (including phenoxy) is 1. The molecule has 0 saturated heterocycles. The Labute approximate surface area is 180 Å². The van der Waals surface area contributed by atoms with Crippen molar-refractivity contribution >= 4 is 28.2 Å². The molecule has 6 rings (SSSR count). The summed E-state index contributed by atoms with van der Waals surface area (Å²) >= 11 is 1.53. The van der Waals surface area contributed by atoms with Gasteiger partial charge in [-0.05, 0) is 80.5 Å². The van der Waals surface area contributed by atoms with E-state index in [1.54, 1.807) is 24.3 Å². The van der Waals surface area contributed by atoms with Crippen molar-refractivity contribution in [2.24, 2.45) is 17.8 Å². The minimum Gasteiger partial charge on any atom is -0.484 e. The van der Waals surface area contributed by atoms with E-state index in [-0.39, 0.29) is 23.7 Å². The van der Waals surface area contributed by atoms with Crippen molar-refractivity contribution in [3.63, 3.8) is 0 Å². The molecule has 0 atom stereocenters. The standard InChI is InChI=1S/C23H27N3O3S/c1-2-19(27)17-3-5-18(6-4-17)29-13-20(28)24-22-26-25-21(30-22)23-10-14-7-15(11-23)9-16(8-14)12-23/h3-6,14-16H,2,7-13H2,1H3,(H,24,26,28). The average Bonchev–Trinajstić information content (AvgIpc) is 3.20. The van der Waals surface area contributed by atoms with Crippen LogP contribution in [0.1, 0.15) is 67.2 Å². The summed E-state index contributed by atoms with van der Waals surface area (Å²) in [4.78, 5) is 24.0. The molecular weight excluding hydrogens is 398 g/mol. The van der Waals surface area contributed by atoms with E-state index in [9.17, 15) is 9.59 Å². The number of benzene rings is 1. The first-order chi connectivity index (χ1) is 14.5. The van der Waals surface area contributed by atoms with Gasteiger partial charge in [0, 0.05) is 17.4 Å². The summed E-state index contributed by atoms with van der Waals surface area (Å²) in [5.74, 6) is 2.95. The summed E-state index contributed by atoms with van der Waals surface area (Å²) < 4.78 is 5.55. The van der Waals surface area contributed by atoms with Crippen LogP contribution in [-0.4, -0.2) is 28.5 Å². The van der Waals surface area contributed by atoms with Gasteiger partial charge in [0.05, 0.1) is 0 Å². The van der Waals surface area contributed by atoms with Crippen LogP contribution in [0.4, 0.5) is 5.13 Å². The zero-order valence-electron chi connectivity index (χ0n) is 17.2. The molecule has 1 N–H and O–H groups in total. The van der Waals surface area contributed by atoms with Gasteiger partial charge in [-0.15, -0.1) is 10.2 Å². The highest BCUT2D eigenvalue weighted by atomic mass is 32.1. The number of rotatable bonds is 7. The second-order valence-electron chi connectivity index (χ2n) is 9.25. The van der Waals surface area contributed by atoms with Crippen LogP contribution >= 0.6 is 11.3 Å². The summed E-state index contributed by atoms with van der Waals surface area (Å²) in [6.07, 6.45) is 8.37. The van der Waals surface area contributed by atoms with Crippen LogP contribution in [0.3, 0.4) is 0 Å². The Morgan fingerprint density at radius 3 is 2.30 bits per heavy atom. The van der Waals surface area contributed by atoms with Gasteiger partial charge in [0.25, 0.3) is 5.91 Å². The molecule has 158 valence electrons. The molecule has 0 unspecified atom stereocenters. The number of hydrogen-bond acceptors (Lipinski definition) is 6. The molecule has 1 amide bonds. The van der Waals surface area contributed by atoms with Crippen LogP contribution in [0.15, 0.2) is 24.3 Å². The van der Waals surface area contributed by atoms with Gasteiger partial charge in [-0.1, -0.05) is 18.3 Å². The Morgan fingerprint density at radius 1 is 1.07 bits per heavy atom. The number of hydrogen-bond donors (Lipinski definition) is 1. The van der Waals surface area contributed by atoms with Crippen molar-refractivity contribution in [3.8, 4) is 5.75 Å². The second kappa shape index (κ2) is 7.76. The SMILES string of the molecule is CCC(=O)c1ccc(OCC(=O)Nc2nnc(C34CC5CC(CC(C5)C3)C4)s2)cc1. The number of ketones is 1. The maximum atomic E-state index is 12.3. The fourth-order valence-electron chi connectivity index (χ4n) is 6.11. The Kier molecular flexibility index (Phi) is 5.09. The number of carbonyl (C=O) groups excluding carboxylic acids is 2. The van der Waals surface area contributed by atoms with Crippen molar-refractivity contribution < 1.29 is 14.3 Å². The third-order valence-corrected chi connectivity index (χ3v) is 8.12. The van der Waals surface area contributed by atoms with Gasteiger partial charge in [-0.2, -0.15) is 0 Å². The van der Waals surface area contributed by atoms with Crippen LogP contribution in [0.5, 0.6) is 5.75 Å². The van der Waals surface area contributed by atoms with Crippen molar-refractivity contribution in [2.75, 3.05) is 11.9 Å². The smallest absolute Gasteiger partial charge is 0.264 e. The van der Waals surface area contributed by atoms with E-state index in [1.165, 1.54) is 49.9 Å². The maximum absolute atomic E-state index is 12.3. The van der Waals surface area contributed by atoms with Crippen LogP contribution < -0.4 is 10.1 Å². The molecule has 30 heavy (non-hydrogen) atoms. The van der Waals surface area contributed by atoms with E-state index in [2.05, 4.69) is 15.5 Å². The van der Waals surface area contributed by atoms with Gasteiger partial charge in [0.2, 0.25) is 5.13 Å². The second-order valence-corrected chi connectivity index (χ2v) is 10.2.